The average Bonchev–Trinajstić information content (AvgIpc) is 2.33. The van der Waals surface area contributed by atoms with E-state index in [1.165, 1.54) is 18.2 Å². The van der Waals surface area contributed by atoms with Crippen LogP contribution < -0.4 is 10.6 Å². The number of anilines is 2. The summed E-state index contributed by atoms with van der Waals surface area (Å²) in [7, 11) is 0. The van der Waals surface area contributed by atoms with E-state index >= 15 is 0 Å². The molecule has 19 heavy (non-hydrogen) atoms. The zero-order valence-corrected chi connectivity index (χ0v) is 11.8. The third-order valence-corrected chi connectivity index (χ3v) is 3.01. The number of carbonyl (C=O) groups is 1. The van der Waals surface area contributed by atoms with Crippen molar-refractivity contribution in [1.29, 1.82) is 0 Å². The molecule has 3 nitrogen and oxygen atoms in total. The maximum absolute atomic E-state index is 13.0. The van der Waals surface area contributed by atoms with Gasteiger partial charge in [-0.3, -0.25) is 0 Å². The standard InChI is InChI=1S/C14H12BrFN2O/c1-9-7-10(15)5-6-13(9)18-14(19)17-12-4-2-3-11(16)8-12/h2-8H,1H3,(H2,17,18,19). The molecule has 2 aromatic carbocycles. The summed E-state index contributed by atoms with van der Waals surface area (Å²) in [5.74, 6) is -0.391. The Morgan fingerprint density at radius 1 is 1.16 bits per heavy atom. The lowest BCUT2D eigenvalue weighted by atomic mass is 10.2. The van der Waals surface area contributed by atoms with Crippen LogP contribution in [-0.4, -0.2) is 6.03 Å². The zero-order chi connectivity index (χ0) is 13.8. The minimum atomic E-state index is -0.406. The molecule has 0 atom stereocenters. The summed E-state index contributed by atoms with van der Waals surface area (Å²) in [4.78, 5) is 11.8. The van der Waals surface area contributed by atoms with Crippen molar-refractivity contribution in [2.24, 2.45) is 0 Å². The molecule has 0 saturated heterocycles. The summed E-state index contributed by atoms with van der Waals surface area (Å²) in [6.07, 6.45) is 0. The van der Waals surface area contributed by atoms with Gasteiger partial charge in [0.25, 0.3) is 0 Å². The number of urea groups is 1. The summed E-state index contributed by atoms with van der Waals surface area (Å²) in [6.45, 7) is 1.89. The third-order valence-electron chi connectivity index (χ3n) is 2.52. The van der Waals surface area contributed by atoms with Crippen molar-refractivity contribution in [2.75, 3.05) is 10.6 Å². The quantitative estimate of drug-likeness (QED) is 0.837. The largest absolute Gasteiger partial charge is 0.323 e. The van der Waals surface area contributed by atoms with E-state index in [9.17, 15) is 9.18 Å². The number of nitrogens with one attached hydrogen (secondary N) is 2. The lowest BCUT2D eigenvalue weighted by molar-refractivity contribution is 0.262. The number of benzene rings is 2. The maximum Gasteiger partial charge on any atom is 0.323 e. The molecule has 98 valence electrons. The fourth-order valence-electron chi connectivity index (χ4n) is 1.62. The van der Waals surface area contributed by atoms with Crippen LogP contribution in [0.25, 0.3) is 0 Å². The van der Waals surface area contributed by atoms with E-state index in [4.69, 9.17) is 0 Å². The number of hydrogen-bond donors (Lipinski definition) is 2. The molecule has 2 amide bonds. The first-order valence-corrected chi connectivity index (χ1v) is 6.43. The van der Waals surface area contributed by atoms with Crippen molar-refractivity contribution < 1.29 is 9.18 Å². The van der Waals surface area contributed by atoms with Crippen molar-refractivity contribution in [1.82, 2.24) is 0 Å². The second-order valence-electron chi connectivity index (χ2n) is 4.05. The molecule has 0 spiro atoms. The molecule has 2 N–H and O–H groups in total. The Bertz CT molecular complexity index is 616. The molecular formula is C14H12BrFN2O. The lowest BCUT2D eigenvalue weighted by Gasteiger charge is -2.10. The topological polar surface area (TPSA) is 41.1 Å². The number of carbonyl (C=O) groups excluding carboxylic acids is 1. The van der Waals surface area contributed by atoms with Gasteiger partial charge in [0.15, 0.2) is 0 Å². The molecule has 0 fully saturated rings. The summed E-state index contributed by atoms with van der Waals surface area (Å²) in [5.41, 5.74) is 2.05. The predicted molar refractivity (Wildman–Crippen MR) is 77.9 cm³/mol. The molecule has 2 rings (SSSR count). The molecule has 0 aliphatic rings. The van der Waals surface area contributed by atoms with Crippen LogP contribution in [0.15, 0.2) is 46.9 Å². The van der Waals surface area contributed by atoms with E-state index in [1.807, 2.05) is 19.1 Å². The van der Waals surface area contributed by atoms with Gasteiger partial charge in [-0.1, -0.05) is 22.0 Å². The Balaban J connectivity index is 2.05. The van der Waals surface area contributed by atoms with Gasteiger partial charge in [0, 0.05) is 15.8 Å². The van der Waals surface area contributed by atoms with Crippen LogP contribution in [0.4, 0.5) is 20.6 Å². The number of aryl methyl sites for hydroxylation is 1. The van der Waals surface area contributed by atoms with Gasteiger partial charge in [-0.2, -0.15) is 0 Å². The Hall–Kier alpha value is -1.88. The fourth-order valence-corrected chi connectivity index (χ4v) is 2.09. The minimum Gasteiger partial charge on any atom is -0.308 e. The molecule has 0 radical (unpaired) electrons. The molecule has 0 saturated carbocycles. The highest BCUT2D eigenvalue weighted by Crippen LogP contribution is 2.20. The minimum absolute atomic E-state index is 0.391. The van der Waals surface area contributed by atoms with E-state index in [2.05, 4.69) is 26.6 Å². The van der Waals surface area contributed by atoms with Crippen LogP contribution in [0.1, 0.15) is 5.56 Å². The number of amides is 2. The second-order valence-corrected chi connectivity index (χ2v) is 4.96. The van der Waals surface area contributed by atoms with Crippen molar-refractivity contribution in [2.45, 2.75) is 6.92 Å². The number of hydrogen-bond acceptors (Lipinski definition) is 1. The van der Waals surface area contributed by atoms with Gasteiger partial charge in [-0.25, -0.2) is 9.18 Å². The molecule has 5 heteroatoms. The highest BCUT2D eigenvalue weighted by Gasteiger charge is 2.05. The van der Waals surface area contributed by atoms with Gasteiger partial charge in [0.1, 0.15) is 5.82 Å². The van der Waals surface area contributed by atoms with Crippen LogP contribution in [0.3, 0.4) is 0 Å². The SMILES string of the molecule is Cc1cc(Br)ccc1NC(=O)Nc1cccc(F)c1. The number of rotatable bonds is 2. The molecule has 0 aliphatic carbocycles. The number of halogens is 2. The van der Waals surface area contributed by atoms with Crippen molar-refractivity contribution >= 4 is 33.3 Å². The van der Waals surface area contributed by atoms with Gasteiger partial charge >= 0.3 is 6.03 Å². The summed E-state index contributed by atoms with van der Waals surface area (Å²) >= 11 is 3.35. The Kier molecular flexibility index (Phi) is 4.16. The predicted octanol–water partition coefficient (Wildman–Crippen LogP) is 4.54. The fraction of sp³-hybridized carbons (Fsp3) is 0.0714. The van der Waals surface area contributed by atoms with Crippen molar-refractivity contribution in [3.63, 3.8) is 0 Å². The highest BCUT2D eigenvalue weighted by molar-refractivity contribution is 9.10. The van der Waals surface area contributed by atoms with Crippen LogP contribution in [0, 0.1) is 12.7 Å². The van der Waals surface area contributed by atoms with Gasteiger partial charge in [-0.15, -0.1) is 0 Å². The van der Waals surface area contributed by atoms with Crippen LogP contribution >= 0.6 is 15.9 Å². The van der Waals surface area contributed by atoms with E-state index in [1.54, 1.807) is 12.1 Å². The monoisotopic (exact) mass is 322 g/mol. The maximum atomic E-state index is 13.0. The molecule has 0 bridgehead atoms. The van der Waals surface area contributed by atoms with E-state index in [0.717, 1.165) is 10.0 Å². The summed E-state index contributed by atoms with van der Waals surface area (Å²) < 4.78 is 13.9. The first kappa shape index (κ1) is 13.5. The van der Waals surface area contributed by atoms with Crippen molar-refractivity contribution in [3.05, 3.63) is 58.3 Å². The summed E-state index contributed by atoms with van der Waals surface area (Å²) in [6, 6.07) is 10.9. The van der Waals surface area contributed by atoms with Gasteiger partial charge in [0.05, 0.1) is 0 Å². The van der Waals surface area contributed by atoms with E-state index in [0.29, 0.717) is 11.4 Å². The molecule has 0 aromatic heterocycles. The van der Waals surface area contributed by atoms with E-state index in [-0.39, 0.29) is 0 Å². The Morgan fingerprint density at radius 2 is 1.95 bits per heavy atom. The van der Waals surface area contributed by atoms with Gasteiger partial charge in [0.2, 0.25) is 0 Å². The third kappa shape index (κ3) is 3.79. The molecule has 0 heterocycles. The Morgan fingerprint density at radius 3 is 2.63 bits per heavy atom. The molecule has 0 aliphatic heterocycles. The summed E-state index contributed by atoms with van der Waals surface area (Å²) in [5, 5.41) is 5.28. The lowest BCUT2D eigenvalue weighted by Crippen LogP contribution is -2.19. The van der Waals surface area contributed by atoms with Crippen LogP contribution in [0.2, 0.25) is 0 Å². The first-order valence-electron chi connectivity index (χ1n) is 5.64. The first-order chi connectivity index (χ1) is 9.04. The van der Waals surface area contributed by atoms with Crippen molar-refractivity contribution in [3.8, 4) is 0 Å². The normalized spacial score (nSPS) is 10.1. The average molecular weight is 323 g/mol. The smallest absolute Gasteiger partial charge is 0.308 e. The van der Waals surface area contributed by atoms with Gasteiger partial charge in [-0.05, 0) is 48.9 Å². The molecule has 2 aromatic rings. The van der Waals surface area contributed by atoms with Crippen LogP contribution in [0.5, 0.6) is 0 Å². The molecule has 0 unspecified atom stereocenters. The Labute approximate surface area is 119 Å². The molecular weight excluding hydrogens is 311 g/mol. The zero-order valence-electron chi connectivity index (χ0n) is 10.2. The second kappa shape index (κ2) is 5.84. The highest BCUT2D eigenvalue weighted by atomic mass is 79.9. The van der Waals surface area contributed by atoms with Crippen LogP contribution in [-0.2, 0) is 0 Å². The van der Waals surface area contributed by atoms with Gasteiger partial charge < -0.3 is 10.6 Å². The van der Waals surface area contributed by atoms with E-state index < -0.39 is 11.8 Å².